The third kappa shape index (κ3) is 3.95. The van der Waals surface area contributed by atoms with Gasteiger partial charge in [0.1, 0.15) is 0 Å². The number of nitrogens with zero attached hydrogens (tertiary/aromatic N) is 3. The molecular formula is C22H26N4O3. The Hall–Kier alpha value is -2.96. The summed E-state index contributed by atoms with van der Waals surface area (Å²) in [7, 11) is 0. The molecule has 7 nitrogen and oxygen atoms in total. The fraction of sp³-hybridized carbons (Fsp3) is 0.455. The lowest BCUT2D eigenvalue weighted by molar-refractivity contribution is -0.134. The van der Waals surface area contributed by atoms with Crippen LogP contribution in [0.3, 0.4) is 0 Å². The van der Waals surface area contributed by atoms with Crippen molar-refractivity contribution in [2.75, 3.05) is 26.2 Å². The number of carbonyl (C=O) groups excluding carboxylic acids is 2. The van der Waals surface area contributed by atoms with Crippen LogP contribution < -0.4 is 5.56 Å². The topological polar surface area (TPSA) is 86.4 Å². The molecule has 4 rings (SSSR count). The van der Waals surface area contributed by atoms with Gasteiger partial charge in [0, 0.05) is 66.9 Å². The molecule has 0 bridgehead atoms. The SMILES string of the molecule is CCc1cc(-c2cncc(C(=O)N3CCN(C(=O)C4CC4)CC3)c2)c(C)[nH]c1=O. The third-order valence-corrected chi connectivity index (χ3v) is 5.80. The largest absolute Gasteiger partial charge is 0.339 e. The molecule has 0 atom stereocenters. The molecule has 3 heterocycles. The Kier molecular flexibility index (Phi) is 5.22. The van der Waals surface area contributed by atoms with Gasteiger partial charge >= 0.3 is 0 Å². The first-order chi connectivity index (χ1) is 14.0. The number of rotatable bonds is 4. The van der Waals surface area contributed by atoms with Crippen molar-refractivity contribution in [3.8, 4) is 11.1 Å². The molecule has 7 heteroatoms. The van der Waals surface area contributed by atoms with Gasteiger partial charge < -0.3 is 14.8 Å². The van der Waals surface area contributed by atoms with E-state index in [-0.39, 0.29) is 23.3 Å². The molecule has 0 unspecified atom stereocenters. The summed E-state index contributed by atoms with van der Waals surface area (Å²) in [4.78, 5) is 48.0. The van der Waals surface area contributed by atoms with Crippen LogP contribution in [0.4, 0.5) is 0 Å². The maximum atomic E-state index is 13.0. The summed E-state index contributed by atoms with van der Waals surface area (Å²) in [6.07, 6.45) is 5.93. The zero-order valence-corrected chi connectivity index (χ0v) is 16.9. The molecule has 0 radical (unpaired) electrons. The number of nitrogens with one attached hydrogen (secondary N) is 1. The van der Waals surface area contributed by atoms with Crippen molar-refractivity contribution < 1.29 is 9.59 Å². The third-order valence-electron chi connectivity index (χ3n) is 5.80. The minimum Gasteiger partial charge on any atom is -0.339 e. The molecule has 2 fully saturated rings. The molecule has 0 spiro atoms. The van der Waals surface area contributed by atoms with Gasteiger partial charge in [0.15, 0.2) is 0 Å². The van der Waals surface area contributed by atoms with E-state index in [0.717, 1.165) is 29.7 Å². The van der Waals surface area contributed by atoms with Gasteiger partial charge in [-0.05, 0) is 38.3 Å². The van der Waals surface area contributed by atoms with Crippen molar-refractivity contribution in [3.05, 3.63) is 51.7 Å². The van der Waals surface area contributed by atoms with E-state index in [1.165, 1.54) is 0 Å². The Balaban J connectivity index is 1.51. The summed E-state index contributed by atoms with van der Waals surface area (Å²) in [5, 5.41) is 0. The Morgan fingerprint density at radius 3 is 2.45 bits per heavy atom. The molecule has 1 saturated carbocycles. The lowest BCUT2D eigenvalue weighted by Crippen LogP contribution is -2.51. The maximum absolute atomic E-state index is 13.0. The van der Waals surface area contributed by atoms with Crippen LogP contribution >= 0.6 is 0 Å². The molecule has 2 aliphatic rings. The molecule has 1 aliphatic carbocycles. The first kappa shape index (κ1) is 19.4. The van der Waals surface area contributed by atoms with E-state index < -0.39 is 0 Å². The van der Waals surface area contributed by atoms with Crippen LogP contribution in [0.5, 0.6) is 0 Å². The second-order valence-electron chi connectivity index (χ2n) is 7.87. The van der Waals surface area contributed by atoms with E-state index in [9.17, 15) is 14.4 Å². The highest BCUT2D eigenvalue weighted by atomic mass is 16.2. The van der Waals surface area contributed by atoms with Gasteiger partial charge in [0.25, 0.3) is 11.5 Å². The number of hydrogen-bond donors (Lipinski definition) is 1. The van der Waals surface area contributed by atoms with Crippen molar-refractivity contribution >= 4 is 11.8 Å². The van der Waals surface area contributed by atoms with Crippen molar-refractivity contribution in [1.82, 2.24) is 19.8 Å². The number of piperazine rings is 1. The van der Waals surface area contributed by atoms with Gasteiger partial charge in [-0.25, -0.2) is 0 Å². The molecule has 0 aromatic carbocycles. The predicted molar refractivity (Wildman–Crippen MR) is 110 cm³/mol. The number of amides is 2. The van der Waals surface area contributed by atoms with Crippen LogP contribution in [0.25, 0.3) is 11.1 Å². The second kappa shape index (κ2) is 7.81. The second-order valence-corrected chi connectivity index (χ2v) is 7.87. The van der Waals surface area contributed by atoms with Crippen LogP contribution in [0.1, 0.15) is 41.4 Å². The molecular weight excluding hydrogens is 368 g/mol. The average molecular weight is 394 g/mol. The molecule has 2 amide bonds. The van der Waals surface area contributed by atoms with Crippen molar-refractivity contribution in [2.45, 2.75) is 33.1 Å². The van der Waals surface area contributed by atoms with Crippen LogP contribution in [-0.2, 0) is 11.2 Å². The van der Waals surface area contributed by atoms with Crippen molar-refractivity contribution in [1.29, 1.82) is 0 Å². The molecule has 1 aliphatic heterocycles. The van der Waals surface area contributed by atoms with E-state index in [1.54, 1.807) is 17.3 Å². The van der Waals surface area contributed by atoms with Crippen molar-refractivity contribution in [2.24, 2.45) is 5.92 Å². The zero-order valence-electron chi connectivity index (χ0n) is 16.9. The number of aryl methyl sites for hydroxylation is 2. The van der Waals surface area contributed by atoms with Gasteiger partial charge in [0.2, 0.25) is 5.91 Å². The standard InChI is InChI=1S/C22H26N4O3/c1-3-15-11-19(14(2)24-20(15)27)17-10-18(13-23-12-17)22(29)26-8-6-25(7-9-26)21(28)16-4-5-16/h10-13,16H,3-9H2,1-2H3,(H,24,27). The summed E-state index contributed by atoms with van der Waals surface area (Å²) in [5.41, 5.74) is 3.59. The highest BCUT2D eigenvalue weighted by molar-refractivity contribution is 5.95. The van der Waals surface area contributed by atoms with E-state index >= 15 is 0 Å². The Morgan fingerprint density at radius 1 is 1.10 bits per heavy atom. The van der Waals surface area contributed by atoms with Gasteiger partial charge in [-0.15, -0.1) is 0 Å². The maximum Gasteiger partial charge on any atom is 0.255 e. The minimum absolute atomic E-state index is 0.0735. The average Bonchev–Trinajstić information content (AvgIpc) is 3.58. The van der Waals surface area contributed by atoms with E-state index in [2.05, 4.69) is 9.97 Å². The smallest absolute Gasteiger partial charge is 0.255 e. The van der Waals surface area contributed by atoms with Crippen LogP contribution in [-0.4, -0.2) is 57.8 Å². The first-order valence-electron chi connectivity index (χ1n) is 10.2. The summed E-state index contributed by atoms with van der Waals surface area (Å²) < 4.78 is 0. The number of pyridine rings is 2. The summed E-state index contributed by atoms with van der Waals surface area (Å²) in [6.45, 7) is 6.05. The summed E-state index contributed by atoms with van der Waals surface area (Å²) in [6, 6.07) is 3.71. The minimum atomic E-state index is -0.0763. The lowest BCUT2D eigenvalue weighted by atomic mass is 10.0. The molecule has 29 heavy (non-hydrogen) atoms. The zero-order chi connectivity index (χ0) is 20.5. The molecule has 2 aromatic heterocycles. The number of aromatic nitrogens is 2. The highest BCUT2D eigenvalue weighted by Gasteiger charge is 2.35. The number of carbonyl (C=O) groups is 2. The Morgan fingerprint density at radius 2 is 1.79 bits per heavy atom. The Labute approximate surface area is 169 Å². The van der Waals surface area contributed by atoms with Gasteiger partial charge in [0.05, 0.1) is 5.56 Å². The quantitative estimate of drug-likeness (QED) is 0.859. The Bertz CT molecular complexity index is 1000. The number of aromatic amines is 1. The molecule has 2 aromatic rings. The molecule has 1 N–H and O–H groups in total. The van der Waals surface area contributed by atoms with Gasteiger partial charge in [-0.2, -0.15) is 0 Å². The van der Waals surface area contributed by atoms with Gasteiger partial charge in [-0.3, -0.25) is 19.4 Å². The molecule has 152 valence electrons. The van der Waals surface area contributed by atoms with Crippen LogP contribution in [0.2, 0.25) is 0 Å². The number of H-pyrrole nitrogens is 1. The van der Waals surface area contributed by atoms with E-state index in [4.69, 9.17) is 0 Å². The summed E-state index contributed by atoms with van der Waals surface area (Å²) in [5.74, 6) is 0.378. The number of hydrogen-bond acceptors (Lipinski definition) is 4. The fourth-order valence-corrected chi connectivity index (χ4v) is 3.83. The lowest BCUT2D eigenvalue weighted by Gasteiger charge is -2.35. The normalized spacial score (nSPS) is 16.8. The highest BCUT2D eigenvalue weighted by Crippen LogP contribution is 2.31. The fourth-order valence-electron chi connectivity index (χ4n) is 3.83. The van der Waals surface area contributed by atoms with E-state index in [1.807, 2.05) is 30.9 Å². The van der Waals surface area contributed by atoms with Crippen LogP contribution in [0, 0.1) is 12.8 Å². The van der Waals surface area contributed by atoms with Crippen LogP contribution in [0.15, 0.2) is 29.3 Å². The van der Waals surface area contributed by atoms with Gasteiger partial charge in [-0.1, -0.05) is 6.92 Å². The predicted octanol–water partition coefficient (Wildman–Crippen LogP) is 2.00. The monoisotopic (exact) mass is 394 g/mol. The first-order valence-corrected chi connectivity index (χ1v) is 10.2. The summed E-state index contributed by atoms with van der Waals surface area (Å²) >= 11 is 0. The van der Waals surface area contributed by atoms with E-state index in [0.29, 0.717) is 43.7 Å². The van der Waals surface area contributed by atoms with Crippen molar-refractivity contribution in [3.63, 3.8) is 0 Å². The molecule has 1 saturated heterocycles.